The van der Waals surface area contributed by atoms with Crippen molar-refractivity contribution in [2.75, 3.05) is 0 Å². The fourth-order valence-electron chi connectivity index (χ4n) is 2.64. The third-order valence-corrected chi connectivity index (χ3v) is 3.90. The predicted octanol–water partition coefficient (Wildman–Crippen LogP) is 5.89. The first-order valence-electron chi connectivity index (χ1n) is 7.64. The summed E-state index contributed by atoms with van der Waals surface area (Å²) in [5, 5.41) is 0. The summed E-state index contributed by atoms with van der Waals surface area (Å²) in [6.07, 6.45) is 2.30. The van der Waals surface area contributed by atoms with Gasteiger partial charge in [0.15, 0.2) is 0 Å². The molecule has 3 aromatic carbocycles. The minimum Gasteiger partial charge on any atom is -0.0622 e. The van der Waals surface area contributed by atoms with Crippen molar-refractivity contribution in [3.8, 4) is 0 Å². The van der Waals surface area contributed by atoms with Gasteiger partial charge in [0.2, 0.25) is 0 Å². The number of hydrogen-bond donors (Lipinski definition) is 0. The van der Waals surface area contributed by atoms with Crippen molar-refractivity contribution in [2.24, 2.45) is 0 Å². The van der Waals surface area contributed by atoms with Crippen LogP contribution >= 0.6 is 0 Å². The van der Waals surface area contributed by atoms with Crippen LogP contribution in [0.3, 0.4) is 0 Å². The van der Waals surface area contributed by atoms with Crippen molar-refractivity contribution in [2.45, 2.75) is 13.8 Å². The fourth-order valence-corrected chi connectivity index (χ4v) is 2.64. The highest BCUT2D eigenvalue weighted by molar-refractivity contribution is 5.91. The molecule has 0 saturated heterocycles. The molecule has 0 amide bonds. The molecule has 0 spiro atoms. The number of hydrogen-bond acceptors (Lipinski definition) is 0. The van der Waals surface area contributed by atoms with Gasteiger partial charge in [-0.25, -0.2) is 0 Å². The van der Waals surface area contributed by atoms with Crippen LogP contribution in [0.4, 0.5) is 0 Å². The van der Waals surface area contributed by atoms with E-state index < -0.39 is 0 Å². The van der Waals surface area contributed by atoms with Crippen LogP contribution in [0.15, 0.2) is 78.9 Å². The van der Waals surface area contributed by atoms with Crippen molar-refractivity contribution in [1.29, 1.82) is 0 Å². The summed E-state index contributed by atoms with van der Waals surface area (Å²) in [6, 6.07) is 27.8. The fraction of sp³-hybridized carbons (Fsp3) is 0.0909. The standard InChI is InChI=1S/C22H20/c1-17-13-14-18(2)21(15-17)16-22(19-9-5-3-6-10-19)20-11-7-4-8-12-20/h3-16H,1-2H3. The minimum absolute atomic E-state index is 1.25. The second-order valence-electron chi connectivity index (χ2n) is 5.65. The first-order chi connectivity index (χ1) is 10.7. The van der Waals surface area contributed by atoms with Gasteiger partial charge in [0, 0.05) is 0 Å². The number of benzene rings is 3. The zero-order valence-corrected chi connectivity index (χ0v) is 13.1. The minimum atomic E-state index is 1.25. The largest absolute Gasteiger partial charge is 0.0622 e. The Morgan fingerprint density at radius 2 is 1.23 bits per heavy atom. The molecule has 22 heavy (non-hydrogen) atoms. The maximum atomic E-state index is 2.30. The lowest BCUT2D eigenvalue weighted by Crippen LogP contribution is -1.90. The van der Waals surface area contributed by atoms with E-state index in [1.807, 2.05) is 0 Å². The average Bonchev–Trinajstić information content (AvgIpc) is 2.57. The molecular formula is C22H20. The van der Waals surface area contributed by atoms with E-state index in [0.29, 0.717) is 0 Å². The number of aryl methyl sites for hydroxylation is 2. The SMILES string of the molecule is Cc1ccc(C)c(C=C(c2ccccc2)c2ccccc2)c1. The van der Waals surface area contributed by atoms with Crippen LogP contribution in [0.25, 0.3) is 11.6 Å². The zero-order chi connectivity index (χ0) is 15.4. The quantitative estimate of drug-likeness (QED) is 0.526. The molecule has 0 nitrogen and oxygen atoms in total. The molecule has 0 aliphatic rings. The van der Waals surface area contributed by atoms with Crippen LogP contribution in [0, 0.1) is 13.8 Å². The summed E-state index contributed by atoms with van der Waals surface area (Å²) in [5.41, 5.74) is 7.62. The van der Waals surface area contributed by atoms with Crippen LogP contribution in [0.2, 0.25) is 0 Å². The van der Waals surface area contributed by atoms with Gasteiger partial charge in [0.1, 0.15) is 0 Å². The summed E-state index contributed by atoms with van der Waals surface area (Å²) in [6.45, 7) is 4.31. The molecule has 0 fully saturated rings. The first kappa shape index (κ1) is 14.3. The molecule has 0 N–H and O–H groups in total. The van der Waals surface area contributed by atoms with Crippen molar-refractivity contribution < 1.29 is 0 Å². The van der Waals surface area contributed by atoms with Crippen molar-refractivity contribution >= 4 is 11.6 Å². The van der Waals surface area contributed by atoms with Crippen molar-refractivity contribution in [3.63, 3.8) is 0 Å². The summed E-state index contributed by atoms with van der Waals surface area (Å²) in [5.74, 6) is 0. The normalized spacial score (nSPS) is 10.3. The lowest BCUT2D eigenvalue weighted by Gasteiger charge is -2.10. The summed E-state index contributed by atoms with van der Waals surface area (Å²) < 4.78 is 0. The summed E-state index contributed by atoms with van der Waals surface area (Å²) in [7, 11) is 0. The van der Waals surface area contributed by atoms with Crippen LogP contribution in [0.1, 0.15) is 27.8 Å². The Balaban J connectivity index is 2.18. The van der Waals surface area contributed by atoms with Crippen LogP contribution < -0.4 is 0 Å². The van der Waals surface area contributed by atoms with Gasteiger partial charge in [-0.1, -0.05) is 84.4 Å². The van der Waals surface area contributed by atoms with Crippen LogP contribution in [0.5, 0.6) is 0 Å². The highest BCUT2D eigenvalue weighted by Gasteiger charge is 2.06. The Morgan fingerprint density at radius 3 is 1.77 bits per heavy atom. The topological polar surface area (TPSA) is 0 Å². The van der Waals surface area contributed by atoms with E-state index in [1.165, 1.54) is 33.4 Å². The van der Waals surface area contributed by atoms with Gasteiger partial charge in [0.25, 0.3) is 0 Å². The molecule has 0 unspecified atom stereocenters. The molecule has 3 rings (SSSR count). The highest BCUT2D eigenvalue weighted by Crippen LogP contribution is 2.27. The molecule has 0 bridgehead atoms. The molecule has 0 saturated carbocycles. The molecule has 0 heterocycles. The molecule has 0 aromatic heterocycles. The average molecular weight is 284 g/mol. The molecule has 0 atom stereocenters. The van der Waals surface area contributed by atoms with Gasteiger partial charge in [-0.3, -0.25) is 0 Å². The molecule has 3 aromatic rings. The second kappa shape index (κ2) is 6.44. The third-order valence-electron chi connectivity index (χ3n) is 3.90. The molecule has 0 heteroatoms. The van der Waals surface area contributed by atoms with E-state index in [4.69, 9.17) is 0 Å². The Hall–Kier alpha value is -2.60. The zero-order valence-electron chi connectivity index (χ0n) is 13.1. The Labute approximate surface area is 132 Å². The van der Waals surface area contributed by atoms with Gasteiger partial charge in [0.05, 0.1) is 0 Å². The Bertz CT molecular complexity index is 739. The van der Waals surface area contributed by atoms with E-state index >= 15 is 0 Å². The van der Waals surface area contributed by atoms with Gasteiger partial charge in [-0.2, -0.15) is 0 Å². The molecule has 0 radical (unpaired) electrons. The Kier molecular flexibility index (Phi) is 4.20. The lowest BCUT2D eigenvalue weighted by atomic mass is 9.94. The van der Waals surface area contributed by atoms with E-state index in [2.05, 4.69) is 98.8 Å². The van der Waals surface area contributed by atoms with Crippen LogP contribution in [-0.4, -0.2) is 0 Å². The Morgan fingerprint density at radius 1 is 0.682 bits per heavy atom. The van der Waals surface area contributed by atoms with E-state index in [-0.39, 0.29) is 0 Å². The van der Waals surface area contributed by atoms with Crippen molar-refractivity contribution in [3.05, 3.63) is 107 Å². The number of rotatable bonds is 3. The highest BCUT2D eigenvalue weighted by atomic mass is 14.1. The van der Waals surface area contributed by atoms with Gasteiger partial charge < -0.3 is 0 Å². The maximum absolute atomic E-state index is 2.30. The van der Waals surface area contributed by atoms with E-state index in [0.717, 1.165) is 0 Å². The smallest absolute Gasteiger partial charge is 0.0105 e. The van der Waals surface area contributed by atoms with E-state index in [9.17, 15) is 0 Å². The first-order valence-corrected chi connectivity index (χ1v) is 7.64. The molecule has 0 aliphatic carbocycles. The van der Waals surface area contributed by atoms with Crippen LogP contribution in [-0.2, 0) is 0 Å². The van der Waals surface area contributed by atoms with Gasteiger partial charge in [-0.05, 0) is 47.8 Å². The monoisotopic (exact) mass is 284 g/mol. The summed E-state index contributed by atoms with van der Waals surface area (Å²) >= 11 is 0. The summed E-state index contributed by atoms with van der Waals surface area (Å²) in [4.78, 5) is 0. The second-order valence-corrected chi connectivity index (χ2v) is 5.65. The molecular weight excluding hydrogens is 264 g/mol. The van der Waals surface area contributed by atoms with Crippen molar-refractivity contribution in [1.82, 2.24) is 0 Å². The lowest BCUT2D eigenvalue weighted by molar-refractivity contribution is 1.37. The van der Waals surface area contributed by atoms with Gasteiger partial charge in [-0.15, -0.1) is 0 Å². The van der Waals surface area contributed by atoms with Gasteiger partial charge >= 0.3 is 0 Å². The maximum Gasteiger partial charge on any atom is -0.0105 e. The molecule has 108 valence electrons. The van der Waals surface area contributed by atoms with E-state index in [1.54, 1.807) is 0 Å². The third kappa shape index (κ3) is 3.17. The molecule has 0 aliphatic heterocycles. The predicted molar refractivity (Wildman–Crippen MR) is 95.8 cm³/mol.